The Bertz CT molecular complexity index is 990. The minimum Gasteiger partial charge on any atom is -0.490 e. The highest BCUT2D eigenvalue weighted by Gasteiger charge is 2.19. The maximum Gasteiger partial charge on any atom is 0.257 e. The number of carbonyl (C=O) groups is 2. The van der Waals surface area contributed by atoms with E-state index in [9.17, 15) is 9.59 Å². The average molecular weight is 518 g/mol. The molecule has 0 atom stereocenters. The van der Waals surface area contributed by atoms with Crippen molar-refractivity contribution in [1.29, 1.82) is 0 Å². The number of hydrogen-bond acceptors (Lipinski definition) is 4. The van der Waals surface area contributed by atoms with Gasteiger partial charge >= 0.3 is 0 Å². The number of carbonyl (C=O) groups excluding carboxylic acids is 2. The van der Waals surface area contributed by atoms with Crippen LogP contribution in [0.25, 0.3) is 0 Å². The molecule has 0 unspecified atom stereocenters. The molecule has 2 aromatic rings. The van der Waals surface area contributed by atoms with Crippen LogP contribution in [-0.2, 0) is 0 Å². The van der Waals surface area contributed by atoms with Gasteiger partial charge in [-0.15, -0.1) is 0 Å². The molecule has 3 N–H and O–H groups in total. The normalized spacial score (nSPS) is 14.0. The first-order valence-corrected chi connectivity index (χ1v) is 12.0. The molecule has 0 spiro atoms. The molecular weight excluding hydrogens is 490 g/mol. The third kappa shape index (κ3) is 6.77. The van der Waals surface area contributed by atoms with Crippen LogP contribution in [0.4, 0.5) is 5.69 Å². The lowest BCUT2D eigenvalue weighted by molar-refractivity contribution is 0.0927. The topological polar surface area (TPSA) is 79.5 Å². The summed E-state index contributed by atoms with van der Waals surface area (Å²) in [6.45, 7) is 3.87. The number of para-hydroxylation sites is 1. The Labute approximate surface area is 202 Å². The second-order valence-corrected chi connectivity index (χ2v) is 9.34. The molecule has 2 aromatic carbocycles. The van der Waals surface area contributed by atoms with E-state index in [0.29, 0.717) is 27.0 Å². The molecule has 1 aliphatic rings. The molecule has 8 heteroatoms. The first kappa shape index (κ1) is 24.2. The summed E-state index contributed by atoms with van der Waals surface area (Å²) in [4.78, 5) is 25.4. The van der Waals surface area contributed by atoms with Crippen molar-refractivity contribution in [3.8, 4) is 5.75 Å². The Kier molecular flexibility index (Phi) is 8.64. The fourth-order valence-corrected chi connectivity index (χ4v) is 4.30. The van der Waals surface area contributed by atoms with E-state index in [-0.39, 0.29) is 29.1 Å². The molecule has 0 radical (unpaired) electrons. The maximum atomic E-state index is 12.8. The van der Waals surface area contributed by atoms with Crippen LogP contribution in [0.5, 0.6) is 5.75 Å². The van der Waals surface area contributed by atoms with Gasteiger partial charge in [0.15, 0.2) is 5.11 Å². The summed E-state index contributed by atoms with van der Waals surface area (Å²) >= 11 is 8.76. The van der Waals surface area contributed by atoms with Gasteiger partial charge in [-0.25, -0.2) is 0 Å². The summed E-state index contributed by atoms with van der Waals surface area (Å²) in [6.07, 6.45) is 5.54. The number of hydrogen-bond donors (Lipinski definition) is 3. The number of amides is 2. The highest BCUT2D eigenvalue weighted by Crippen LogP contribution is 2.27. The van der Waals surface area contributed by atoms with E-state index >= 15 is 0 Å². The molecule has 1 saturated carbocycles. The predicted molar refractivity (Wildman–Crippen MR) is 134 cm³/mol. The Balaban J connectivity index is 1.63. The van der Waals surface area contributed by atoms with Crippen LogP contribution in [0.2, 0.25) is 0 Å². The van der Waals surface area contributed by atoms with Gasteiger partial charge in [0.2, 0.25) is 0 Å². The van der Waals surface area contributed by atoms with Crippen molar-refractivity contribution in [2.24, 2.45) is 0 Å². The Morgan fingerprint density at radius 3 is 2.47 bits per heavy atom. The zero-order chi connectivity index (χ0) is 23.1. The molecule has 170 valence electrons. The van der Waals surface area contributed by atoms with Crippen LogP contribution in [0.3, 0.4) is 0 Å². The smallest absolute Gasteiger partial charge is 0.257 e. The van der Waals surface area contributed by atoms with Crippen molar-refractivity contribution in [3.63, 3.8) is 0 Å². The number of thiocarbonyl (C=S) groups is 1. The molecule has 6 nitrogen and oxygen atoms in total. The van der Waals surface area contributed by atoms with E-state index < -0.39 is 0 Å². The fourth-order valence-electron chi connectivity index (χ4n) is 3.62. The van der Waals surface area contributed by atoms with Gasteiger partial charge in [-0.3, -0.25) is 14.9 Å². The van der Waals surface area contributed by atoms with Crippen molar-refractivity contribution < 1.29 is 14.3 Å². The Morgan fingerprint density at radius 1 is 1.06 bits per heavy atom. The molecule has 1 aliphatic carbocycles. The lowest BCUT2D eigenvalue weighted by atomic mass is 9.95. The van der Waals surface area contributed by atoms with Crippen LogP contribution in [0.1, 0.15) is 66.7 Å². The molecule has 1 fully saturated rings. The monoisotopic (exact) mass is 517 g/mol. The van der Waals surface area contributed by atoms with E-state index in [0.717, 1.165) is 25.7 Å². The van der Waals surface area contributed by atoms with E-state index in [4.69, 9.17) is 17.0 Å². The highest BCUT2D eigenvalue weighted by atomic mass is 79.9. The van der Waals surface area contributed by atoms with Crippen molar-refractivity contribution in [2.45, 2.75) is 58.1 Å². The van der Waals surface area contributed by atoms with Crippen molar-refractivity contribution in [1.82, 2.24) is 10.6 Å². The number of halogens is 1. The van der Waals surface area contributed by atoms with Crippen molar-refractivity contribution in [2.75, 3.05) is 5.32 Å². The Morgan fingerprint density at radius 2 is 1.78 bits per heavy atom. The SMILES string of the molecule is CC(C)Oc1ccc(C(=O)NC(=S)Nc2ccccc2C(=O)NC2CCCCC2)cc1Br. The molecule has 0 heterocycles. The van der Waals surface area contributed by atoms with Gasteiger partial charge in [0.1, 0.15) is 5.75 Å². The number of anilines is 1. The second kappa shape index (κ2) is 11.4. The quantitative estimate of drug-likeness (QED) is 0.445. The van der Waals surface area contributed by atoms with Gasteiger partial charge < -0.3 is 15.4 Å². The fraction of sp³-hybridized carbons (Fsp3) is 0.375. The predicted octanol–water partition coefficient (Wildman–Crippen LogP) is 5.43. The van der Waals surface area contributed by atoms with Crippen LogP contribution < -0.4 is 20.7 Å². The molecule has 0 bridgehead atoms. The van der Waals surface area contributed by atoms with Crippen molar-refractivity contribution in [3.05, 3.63) is 58.1 Å². The third-order valence-electron chi connectivity index (χ3n) is 5.14. The zero-order valence-corrected chi connectivity index (χ0v) is 20.6. The summed E-state index contributed by atoms with van der Waals surface area (Å²) < 4.78 is 6.36. The molecule has 3 rings (SSSR count). The van der Waals surface area contributed by atoms with Gasteiger partial charge in [0.05, 0.1) is 21.8 Å². The van der Waals surface area contributed by atoms with Crippen LogP contribution in [-0.4, -0.2) is 29.1 Å². The maximum absolute atomic E-state index is 12.8. The third-order valence-corrected chi connectivity index (χ3v) is 5.97. The summed E-state index contributed by atoms with van der Waals surface area (Å²) in [7, 11) is 0. The van der Waals surface area contributed by atoms with Gasteiger partial charge in [-0.1, -0.05) is 31.4 Å². The van der Waals surface area contributed by atoms with E-state index in [1.807, 2.05) is 19.9 Å². The van der Waals surface area contributed by atoms with E-state index in [1.54, 1.807) is 36.4 Å². The summed E-state index contributed by atoms with van der Waals surface area (Å²) in [5, 5.41) is 8.88. The molecule has 0 aliphatic heterocycles. The van der Waals surface area contributed by atoms with Crippen LogP contribution in [0.15, 0.2) is 46.9 Å². The first-order valence-electron chi connectivity index (χ1n) is 10.8. The number of benzene rings is 2. The molecular formula is C24H28BrN3O3S. The minimum atomic E-state index is -0.358. The lowest BCUT2D eigenvalue weighted by Crippen LogP contribution is -2.37. The number of rotatable bonds is 6. The standard InChI is InChI=1S/C24H28BrN3O3S/c1-15(2)31-21-13-12-16(14-19(21)25)22(29)28-24(32)27-20-11-7-6-10-18(20)23(30)26-17-8-4-3-5-9-17/h6-7,10-15,17H,3-5,8-9H2,1-2H3,(H,26,30)(H2,27,28,29,32). The van der Waals surface area contributed by atoms with E-state index in [2.05, 4.69) is 31.9 Å². The summed E-state index contributed by atoms with van der Waals surface area (Å²) in [5.74, 6) is 0.164. The van der Waals surface area contributed by atoms with Crippen molar-refractivity contribution >= 4 is 50.8 Å². The summed E-state index contributed by atoms with van der Waals surface area (Å²) in [5.41, 5.74) is 1.47. The highest BCUT2D eigenvalue weighted by molar-refractivity contribution is 9.10. The molecule has 2 amide bonds. The first-order chi connectivity index (χ1) is 15.3. The van der Waals surface area contributed by atoms with Gasteiger partial charge in [-0.05, 0) is 85.2 Å². The van der Waals surface area contributed by atoms with Gasteiger partial charge in [0, 0.05) is 11.6 Å². The minimum absolute atomic E-state index is 0.0261. The largest absolute Gasteiger partial charge is 0.490 e. The Hall–Kier alpha value is -2.45. The number of nitrogens with one attached hydrogen (secondary N) is 3. The molecule has 0 saturated heterocycles. The second-order valence-electron chi connectivity index (χ2n) is 8.07. The lowest BCUT2D eigenvalue weighted by Gasteiger charge is -2.23. The van der Waals surface area contributed by atoms with Gasteiger partial charge in [0.25, 0.3) is 11.8 Å². The van der Waals surface area contributed by atoms with Gasteiger partial charge in [-0.2, -0.15) is 0 Å². The molecule has 0 aromatic heterocycles. The molecule has 32 heavy (non-hydrogen) atoms. The van der Waals surface area contributed by atoms with E-state index in [1.165, 1.54) is 6.42 Å². The van der Waals surface area contributed by atoms with Crippen LogP contribution >= 0.6 is 28.1 Å². The van der Waals surface area contributed by atoms with Crippen LogP contribution in [0, 0.1) is 0 Å². The average Bonchev–Trinajstić information content (AvgIpc) is 2.75. The number of ether oxygens (including phenoxy) is 1. The summed E-state index contributed by atoms with van der Waals surface area (Å²) in [6, 6.07) is 12.4. The zero-order valence-electron chi connectivity index (χ0n) is 18.2.